The van der Waals surface area contributed by atoms with E-state index in [9.17, 15) is 0 Å². The molecule has 2 fully saturated rings. The molecule has 0 spiro atoms. The Labute approximate surface area is 196 Å². The van der Waals surface area contributed by atoms with Gasteiger partial charge in [0.1, 0.15) is 5.82 Å². The van der Waals surface area contributed by atoms with Gasteiger partial charge in [-0.2, -0.15) is 0 Å². The van der Waals surface area contributed by atoms with Crippen molar-refractivity contribution < 1.29 is 0 Å². The fourth-order valence-corrected chi connectivity index (χ4v) is 5.74. The van der Waals surface area contributed by atoms with Crippen LogP contribution in [0.25, 0.3) is 0 Å². The number of piperidine rings is 1. The highest BCUT2D eigenvalue weighted by molar-refractivity contribution is 7.80. The van der Waals surface area contributed by atoms with Crippen LogP contribution in [0.2, 0.25) is 5.02 Å². The third-order valence-electron chi connectivity index (χ3n) is 6.78. The molecule has 31 heavy (non-hydrogen) atoms. The minimum Gasteiger partial charge on any atom is -0.362 e. The van der Waals surface area contributed by atoms with Crippen molar-refractivity contribution in [3.05, 3.63) is 53.2 Å². The van der Waals surface area contributed by atoms with E-state index in [1.807, 2.05) is 18.3 Å². The highest BCUT2D eigenvalue weighted by Crippen LogP contribution is 2.41. The lowest BCUT2D eigenvalue weighted by molar-refractivity contribution is 0.355. The van der Waals surface area contributed by atoms with Gasteiger partial charge in [0, 0.05) is 30.1 Å². The summed E-state index contributed by atoms with van der Waals surface area (Å²) in [5.74, 6) is 2.47. The normalized spacial score (nSPS) is 22.9. The molecule has 1 saturated heterocycles. The summed E-state index contributed by atoms with van der Waals surface area (Å²) < 4.78 is 0. The summed E-state index contributed by atoms with van der Waals surface area (Å²) in [6, 6.07) is 12.5. The Hall–Kier alpha value is -1.85. The molecule has 1 aliphatic carbocycles. The van der Waals surface area contributed by atoms with Crippen LogP contribution < -0.4 is 15.5 Å². The molecule has 0 radical (unpaired) electrons. The standard InChI is InChI=1S/C25H33ClN4S/c1-18-12-19(2)16-30(15-18)23-9-8-22(14-27-23)29-24(31)28-17-25(10-3-4-11-25)20-6-5-7-21(26)13-20/h5-9,13-14,18-19H,3-4,10-12,15-17H2,1-2H3,(H2,28,29,31)/t18-,19-/m0/s1. The zero-order valence-corrected chi connectivity index (χ0v) is 20.1. The van der Waals surface area contributed by atoms with E-state index in [4.69, 9.17) is 28.8 Å². The van der Waals surface area contributed by atoms with Gasteiger partial charge in [-0.25, -0.2) is 4.98 Å². The lowest BCUT2D eigenvalue weighted by Crippen LogP contribution is -2.41. The van der Waals surface area contributed by atoms with Crippen LogP contribution in [0.4, 0.5) is 11.5 Å². The molecule has 2 heterocycles. The van der Waals surface area contributed by atoms with Crippen molar-refractivity contribution in [1.82, 2.24) is 10.3 Å². The van der Waals surface area contributed by atoms with E-state index in [0.717, 1.165) is 49.0 Å². The van der Waals surface area contributed by atoms with E-state index in [-0.39, 0.29) is 5.41 Å². The van der Waals surface area contributed by atoms with Gasteiger partial charge in [-0.3, -0.25) is 0 Å². The molecular formula is C25H33ClN4S. The third kappa shape index (κ3) is 5.50. The van der Waals surface area contributed by atoms with Crippen molar-refractivity contribution in [1.29, 1.82) is 0 Å². The number of hydrogen-bond donors (Lipinski definition) is 2. The summed E-state index contributed by atoms with van der Waals surface area (Å²) in [6.45, 7) is 7.62. The highest BCUT2D eigenvalue weighted by atomic mass is 35.5. The maximum atomic E-state index is 6.27. The number of nitrogens with one attached hydrogen (secondary N) is 2. The summed E-state index contributed by atoms with van der Waals surface area (Å²) in [5, 5.41) is 8.21. The molecule has 2 N–H and O–H groups in total. The molecule has 0 amide bonds. The van der Waals surface area contributed by atoms with Crippen LogP contribution in [0.1, 0.15) is 51.5 Å². The lowest BCUT2D eigenvalue weighted by Gasteiger charge is -2.35. The molecule has 4 nitrogen and oxygen atoms in total. The average Bonchev–Trinajstić information content (AvgIpc) is 3.22. The molecule has 0 bridgehead atoms. The van der Waals surface area contributed by atoms with Gasteiger partial charge in [0.15, 0.2) is 5.11 Å². The lowest BCUT2D eigenvalue weighted by atomic mass is 9.79. The molecule has 166 valence electrons. The van der Waals surface area contributed by atoms with Crippen LogP contribution in [-0.4, -0.2) is 29.7 Å². The number of pyridine rings is 1. The summed E-state index contributed by atoms with van der Waals surface area (Å²) in [7, 11) is 0. The van der Waals surface area contributed by atoms with Crippen molar-refractivity contribution in [2.24, 2.45) is 11.8 Å². The average molecular weight is 457 g/mol. The number of hydrogen-bond acceptors (Lipinski definition) is 3. The predicted octanol–water partition coefficient (Wildman–Crippen LogP) is 6.02. The Kier molecular flexibility index (Phi) is 7.02. The van der Waals surface area contributed by atoms with Gasteiger partial charge in [-0.1, -0.05) is 50.4 Å². The maximum absolute atomic E-state index is 6.27. The molecule has 1 aromatic heterocycles. The van der Waals surface area contributed by atoms with Gasteiger partial charge in [0.2, 0.25) is 0 Å². The van der Waals surface area contributed by atoms with Gasteiger partial charge in [0.05, 0.1) is 11.9 Å². The number of halogens is 1. The van der Waals surface area contributed by atoms with E-state index in [2.05, 4.69) is 53.6 Å². The number of nitrogens with zero attached hydrogens (tertiary/aromatic N) is 2. The van der Waals surface area contributed by atoms with Crippen LogP contribution in [-0.2, 0) is 5.41 Å². The van der Waals surface area contributed by atoms with Gasteiger partial charge in [0.25, 0.3) is 0 Å². The zero-order chi connectivity index (χ0) is 21.8. The predicted molar refractivity (Wildman–Crippen MR) is 135 cm³/mol. The maximum Gasteiger partial charge on any atom is 0.170 e. The van der Waals surface area contributed by atoms with E-state index >= 15 is 0 Å². The Morgan fingerprint density at radius 1 is 1.16 bits per heavy atom. The second-order valence-corrected chi connectivity index (χ2v) is 10.4. The molecule has 1 aliphatic heterocycles. The van der Waals surface area contributed by atoms with Crippen molar-refractivity contribution in [2.45, 2.75) is 51.4 Å². The van der Waals surface area contributed by atoms with Crippen LogP contribution in [0.15, 0.2) is 42.6 Å². The number of aromatic nitrogens is 1. The van der Waals surface area contributed by atoms with Gasteiger partial charge in [-0.05, 0) is 73.1 Å². The summed E-state index contributed by atoms with van der Waals surface area (Å²) in [5.41, 5.74) is 2.33. The van der Waals surface area contributed by atoms with E-state index in [1.54, 1.807) is 0 Å². The molecule has 0 unspecified atom stereocenters. The van der Waals surface area contributed by atoms with Crippen molar-refractivity contribution in [2.75, 3.05) is 29.9 Å². The summed E-state index contributed by atoms with van der Waals surface area (Å²) in [4.78, 5) is 7.09. The SMILES string of the molecule is C[C@H]1C[C@H](C)CN(c2ccc(NC(=S)NCC3(c4cccc(Cl)c4)CCCC3)cn2)C1. The van der Waals surface area contributed by atoms with Crippen molar-refractivity contribution in [3.8, 4) is 0 Å². The van der Waals surface area contributed by atoms with Gasteiger partial charge >= 0.3 is 0 Å². The smallest absolute Gasteiger partial charge is 0.170 e. The third-order valence-corrected chi connectivity index (χ3v) is 7.27. The Morgan fingerprint density at radius 3 is 2.55 bits per heavy atom. The molecule has 2 aromatic rings. The second kappa shape index (κ2) is 9.74. The molecule has 6 heteroatoms. The van der Waals surface area contributed by atoms with Crippen LogP contribution >= 0.6 is 23.8 Å². The highest BCUT2D eigenvalue weighted by Gasteiger charge is 2.35. The largest absolute Gasteiger partial charge is 0.362 e. The number of anilines is 2. The summed E-state index contributed by atoms with van der Waals surface area (Å²) >= 11 is 11.9. The second-order valence-electron chi connectivity index (χ2n) is 9.56. The fourth-order valence-electron chi connectivity index (χ4n) is 5.36. The first-order chi connectivity index (χ1) is 14.9. The molecule has 1 aromatic carbocycles. The molecule has 2 atom stereocenters. The minimum atomic E-state index is 0.0976. The first kappa shape index (κ1) is 22.3. The molecule has 2 aliphatic rings. The van der Waals surface area contributed by atoms with E-state index in [0.29, 0.717) is 16.9 Å². The Bertz CT molecular complexity index is 885. The monoisotopic (exact) mass is 456 g/mol. The molecular weight excluding hydrogens is 424 g/mol. The van der Waals surface area contributed by atoms with Crippen LogP contribution in [0, 0.1) is 11.8 Å². The van der Waals surface area contributed by atoms with E-state index < -0.39 is 0 Å². The van der Waals surface area contributed by atoms with Gasteiger partial charge in [-0.15, -0.1) is 0 Å². The number of thiocarbonyl (C=S) groups is 1. The Morgan fingerprint density at radius 2 is 1.90 bits per heavy atom. The fraction of sp³-hybridized carbons (Fsp3) is 0.520. The van der Waals surface area contributed by atoms with E-state index in [1.165, 1.54) is 24.8 Å². The quantitative estimate of drug-likeness (QED) is 0.538. The van der Waals surface area contributed by atoms with Crippen molar-refractivity contribution in [3.63, 3.8) is 0 Å². The minimum absolute atomic E-state index is 0.0976. The van der Waals surface area contributed by atoms with Crippen molar-refractivity contribution >= 4 is 40.4 Å². The molecule has 4 rings (SSSR count). The van der Waals surface area contributed by atoms with Crippen LogP contribution in [0.3, 0.4) is 0 Å². The topological polar surface area (TPSA) is 40.2 Å². The number of rotatable bonds is 5. The number of benzene rings is 1. The zero-order valence-electron chi connectivity index (χ0n) is 18.5. The molecule has 1 saturated carbocycles. The first-order valence-corrected chi connectivity index (χ1v) is 12.2. The first-order valence-electron chi connectivity index (χ1n) is 11.5. The summed E-state index contributed by atoms with van der Waals surface area (Å²) in [6.07, 6.45) is 7.99. The Balaban J connectivity index is 1.35. The van der Waals surface area contributed by atoms with Gasteiger partial charge < -0.3 is 15.5 Å². The van der Waals surface area contributed by atoms with Crippen LogP contribution in [0.5, 0.6) is 0 Å².